The topological polar surface area (TPSA) is 58.6 Å². The van der Waals surface area contributed by atoms with Crippen molar-refractivity contribution >= 4 is 23.4 Å². The Morgan fingerprint density at radius 3 is 2.11 bits per heavy atom. The summed E-state index contributed by atoms with van der Waals surface area (Å²) < 4.78 is 5.79. The molecule has 0 heterocycles. The van der Waals surface area contributed by atoms with E-state index in [1.54, 1.807) is 29.2 Å². The third-order valence-corrected chi connectivity index (χ3v) is 6.85. The Morgan fingerprint density at radius 2 is 1.47 bits per heavy atom. The van der Waals surface area contributed by atoms with Gasteiger partial charge in [0.1, 0.15) is 11.8 Å². The van der Waals surface area contributed by atoms with Gasteiger partial charge in [-0.3, -0.25) is 9.59 Å². The average Bonchev–Trinajstić information content (AvgIpc) is 2.92. The van der Waals surface area contributed by atoms with E-state index in [-0.39, 0.29) is 24.5 Å². The molecule has 1 saturated carbocycles. The van der Waals surface area contributed by atoms with Gasteiger partial charge in [0.25, 0.3) is 5.91 Å². The normalized spacial score (nSPS) is 14.6. The highest BCUT2D eigenvalue weighted by Crippen LogP contribution is 2.20. The number of amides is 2. The molecule has 6 heteroatoms. The molecule has 3 aromatic carbocycles. The molecule has 188 valence electrons. The maximum atomic E-state index is 13.7. The van der Waals surface area contributed by atoms with Gasteiger partial charge in [0.15, 0.2) is 6.61 Å². The molecule has 4 rings (SSSR count). The van der Waals surface area contributed by atoms with Gasteiger partial charge in [0.2, 0.25) is 5.91 Å². The van der Waals surface area contributed by atoms with E-state index in [2.05, 4.69) is 5.32 Å². The van der Waals surface area contributed by atoms with Crippen LogP contribution in [0.4, 0.5) is 0 Å². The van der Waals surface area contributed by atoms with Crippen molar-refractivity contribution in [2.24, 2.45) is 0 Å². The Kier molecular flexibility index (Phi) is 9.40. The quantitative estimate of drug-likeness (QED) is 0.379. The van der Waals surface area contributed by atoms with Crippen LogP contribution in [0.5, 0.6) is 5.75 Å². The van der Waals surface area contributed by atoms with Crippen molar-refractivity contribution in [1.82, 2.24) is 10.2 Å². The molecule has 0 aromatic heterocycles. The molecule has 1 N–H and O–H groups in total. The number of hydrogen-bond acceptors (Lipinski definition) is 3. The van der Waals surface area contributed by atoms with Gasteiger partial charge in [-0.2, -0.15) is 0 Å². The first-order valence-corrected chi connectivity index (χ1v) is 13.0. The summed E-state index contributed by atoms with van der Waals surface area (Å²) in [4.78, 5) is 29.0. The van der Waals surface area contributed by atoms with Gasteiger partial charge in [0, 0.05) is 24.0 Å². The first-order chi connectivity index (χ1) is 17.6. The zero-order valence-corrected chi connectivity index (χ0v) is 21.2. The summed E-state index contributed by atoms with van der Waals surface area (Å²) in [6.07, 6.45) is 5.84. The molecule has 1 aliphatic carbocycles. The van der Waals surface area contributed by atoms with Gasteiger partial charge in [0.05, 0.1) is 0 Å². The number of halogens is 1. The summed E-state index contributed by atoms with van der Waals surface area (Å²) in [5.74, 6) is 0.203. The molecular formula is C30H33ClN2O3. The fourth-order valence-corrected chi connectivity index (χ4v) is 4.76. The van der Waals surface area contributed by atoms with Crippen LogP contribution >= 0.6 is 11.6 Å². The zero-order chi connectivity index (χ0) is 25.2. The molecule has 5 nitrogen and oxygen atoms in total. The summed E-state index contributed by atoms with van der Waals surface area (Å²) in [5.41, 5.74) is 1.96. The lowest BCUT2D eigenvalue weighted by molar-refractivity contribution is -0.143. The molecule has 0 aliphatic heterocycles. The summed E-state index contributed by atoms with van der Waals surface area (Å²) in [6.45, 7) is 0.149. The van der Waals surface area contributed by atoms with Crippen molar-refractivity contribution in [2.45, 2.75) is 57.2 Å². The van der Waals surface area contributed by atoms with Gasteiger partial charge in [-0.05, 0) is 48.2 Å². The number of nitrogens with zero attached hydrogens (tertiary/aromatic N) is 1. The van der Waals surface area contributed by atoms with E-state index < -0.39 is 6.04 Å². The van der Waals surface area contributed by atoms with Crippen LogP contribution in [0.2, 0.25) is 5.02 Å². The Bertz CT molecular complexity index is 1100. The van der Waals surface area contributed by atoms with Crippen LogP contribution in [0.15, 0.2) is 84.9 Å². The molecule has 2 amide bonds. The molecule has 1 unspecified atom stereocenters. The van der Waals surface area contributed by atoms with E-state index in [1.165, 1.54) is 6.42 Å². The van der Waals surface area contributed by atoms with E-state index in [0.717, 1.165) is 36.8 Å². The highest BCUT2D eigenvalue weighted by Gasteiger charge is 2.32. The van der Waals surface area contributed by atoms with Gasteiger partial charge in [-0.15, -0.1) is 0 Å². The standard InChI is InChI=1S/C30H33ClN2O3/c31-25-16-18-27(19-17-25)36-22-29(34)33(21-24-12-6-2-7-13-24)28(20-23-10-4-1-5-11-23)30(35)32-26-14-8-3-9-15-26/h1-2,4-7,10-13,16-19,26,28H,3,8-9,14-15,20-22H2,(H,32,35). The van der Waals surface area contributed by atoms with Gasteiger partial charge >= 0.3 is 0 Å². The number of hydrogen-bond donors (Lipinski definition) is 1. The third kappa shape index (κ3) is 7.59. The summed E-state index contributed by atoms with van der Waals surface area (Å²) in [6, 6.07) is 26.0. The molecule has 1 fully saturated rings. The van der Waals surface area contributed by atoms with Crippen LogP contribution in [0.3, 0.4) is 0 Å². The molecule has 0 spiro atoms. The minimum atomic E-state index is -0.657. The Balaban J connectivity index is 1.58. The van der Waals surface area contributed by atoms with Crippen LogP contribution in [0.25, 0.3) is 0 Å². The SMILES string of the molecule is O=C(NC1CCCCC1)C(Cc1ccccc1)N(Cc1ccccc1)C(=O)COc1ccc(Cl)cc1. The summed E-state index contributed by atoms with van der Waals surface area (Å²) >= 11 is 5.97. The van der Waals surface area contributed by atoms with Crippen molar-refractivity contribution in [2.75, 3.05) is 6.61 Å². The molecule has 0 bridgehead atoms. The fraction of sp³-hybridized carbons (Fsp3) is 0.333. The predicted octanol–water partition coefficient (Wildman–Crippen LogP) is 5.81. The largest absolute Gasteiger partial charge is 0.484 e. The molecule has 36 heavy (non-hydrogen) atoms. The van der Waals surface area contributed by atoms with E-state index in [0.29, 0.717) is 23.7 Å². The number of benzene rings is 3. The Morgan fingerprint density at radius 1 is 0.861 bits per heavy atom. The zero-order valence-electron chi connectivity index (χ0n) is 20.4. The number of carbonyl (C=O) groups excluding carboxylic acids is 2. The van der Waals surface area contributed by atoms with Crippen molar-refractivity contribution in [3.05, 3.63) is 101 Å². The Hall–Kier alpha value is -3.31. The van der Waals surface area contributed by atoms with Crippen LogP contribution in [0, 0.1) is 0 Å². The maximum absolute atomic E-state index is 13.7. The summed E-state index contributed by atoms with van der Waals surface area (Å²) in [5, 5.41) is 3.85. The minimum absolute atomic E-state index is 0.110. The molecular weight excluding hydrogens is 472 g/mol. The van der Waals surface area contributed by atoms with E-state index in [4.69, 9.17) is 16.3 Å². The van der Waals surface area contributed by atoms with E-state index in [1.807, 2.05) is 60.7 Å². The van der Waals surface area contributed by atoms with Crippen LogP contribution < -0.4 is 10.1 Å². The molecule has 0 radical (unpaired) electrons. The van der Waals surface area contributed by atoms with Crippen LogP contribution in [-0.2, 0) is 22.6 Å². The molecule has 1 atom stereocenters. The maximum Gasteiger partial charge on any atom is 0.261 e. The summed E-state index contributed by atoms with van der Waals surface area (Å²) in [7, 11) is 0. The van der Waals surface area contributed by atoms with E-state index in [9.17, 15) is 9.59 Å². The highest BCUT2D eigenvalue weighted by atomic mass is 35.5. The second kappa shape index (κ2) is 13.1. The lowest BCUT2D eigenvalue weighted by Crippen LogP contribution is -2.53. The molecule has 1 aliphatic rings. The third-order valence-electron chi connectivity index (χ3n) is 6.59. The lowest BCUT2D eigenvalue weighted by atomic mass is 9.94. The van der Waals surface area contributed by atoms with Gasteiger partial charge in [-0.25, -0.2) is 0 Å². The second-order valence-electron chi connectivity index (χ2n) is 9.30. The second-order valence-corrected chi connectivity index (χ2v) is 9.74. The Labute approximate surface area is 218 Å². The first kappa shape index (κ1) is 25.8. The fourth-order valence-electron chi connectivity index (χ4n) is 4.64. The van der Waals surface area contributed by atoms with Gasteiger partial charge < -0.3 is 15.0 Å². The van der Waals surface area contributed by atoms with Crippen molar-refractivity contribution in [3.63, 3.8) is 0 Å². The van der Waals surface area contributed by atoms with E-state index >= 15 is 0 Å². The number of nitrogens with one attached hydrogen (secondary N) is 1. The minimum Gasteiger partial charge on any atom is -0.484 e. The van der Waals surface area contributed by atoms with Crippen molar-refractivity contribution < 1.29 is 14.3 Å². The highest BCUT2D eigenvalue weighted by molar-refractivity contribution is 6.30. The van der Waals surface area contributed by atoms with Crippen molar-refractivity contribution in [3.8, 4) is 5.75 Å². The molecule has 0 saturated heterocycles. The number of carbonyl (C=O) groups is 2. The van der Waals surface area contributed by atoms with Crippen LogP contribution in [-0.4, -0.2) is 35.4 Å². The lowest BCUT2D eigenvalue weighted by Gasteiger charge is -2.33. The van der Waals surface area contributed by atoms with Gasteiger partial charge in [-0.1, -0.05) is 91.5 Å². The smallest absolute Gasteiger partial charge is 0.261 e. The number of ether oxygens (including phenoxy) is 1. The first-order valence-electron chi connectivity index (χ1n) is 12.6. The monoisotopic (exact) mass is 504 g/mol. The van der Waals surface area contributed by atoms with Crippen LogP contribution in [0.1, 0.15) is 43.2 Å². The molecule has 3 aromatic rings. The predicted molar refractivity (Wildman–Crippen MR) is 143 cm³/mol. The van der Waals surface area contributed by atoms with Crippen molar-refractivity contribution in [1.29, 1.82) is 0 Å². The number of rotatable bonds is 10. The average molecular weight is 505 g/mol.